The van der Waals surface area contributed by atoms with E-state index in [9.17, 15) is 13.2 Å². The summed E-state index contributed by atoms with van der Waals surface area (Å²) < 4.78 is 27.0. The van der Waals surface area contributed by atoms with Crippen molar-refractivity contribution in [1.82, 2.24) is 9.62 Å². The average molecular weight is 387 g/mol. The molecule has 1 unspecified atom stereocenters. The number of benzene rings is 2. The molecule has 0 aromatic heterocycles. The number of carbonyl (C=O) groups excluding carboxylic acids is 1. The molecule has 1 atom stereocenters. The zero-order valence-electron chi connectivity index (χ0n) is 15.6. The monoisotopic (exact) mass is 386 g/mol. The van der Waals surface area contributed by atoms with Crippen molar-refractivity contribution in [3.8, 4) is 0 Å². The minimum Gasteiger partial charge on any atom is -0.355 e. The lowest BCUT2D eigenvalue weighted by Gasteiger charge is -2.31. The fourth-order valence-electron chi connectivity index (χ4n) is 3.47. The Morgan fingerprint density at radius 2 is 1.81 bits per heavy atom. The van der Waals surface area contributed by atoms with Crippen molar-refractivity contribution in [3.05, 3.63) is 65.7 Å². The Kier molecular flexibility index (Phi) is 6.29. The van der Waals surface area contributed by atoms with Crippen LogP contribution in [-0.4, -0.2) is 38.3 Å². The second-order valence-corrected chi connectivity index (χ2v) is 8.92. The van der Waals surface area contributed by atoms with Crippen LogP contribution in [0.25, 0.3) is 0 Å². The Balaban J connectivity index is 1.57. The molecule has 1 aliphatic heterocycles. The van der Waals surface area contributed by atoms with E-state index in [0.717, 1.165) is 12.8 Å². The number of hydrogen-bond donors (Lipinski definition) is 1. The van der Waals surface area contributed by atoms with E-state index in [-0.39, 0.29) is 23.3 Å². The highest BCUT2D eigenvalue weighted by Crippen LogP contribution is 2.23. The molecular formula is C21H26N2O3S. The Labute approximate surface area is 161 Å². The van der Waals surface area contributed by atoms with E-state index < -0.39 is 10.0 Å². The topological polar surface area (TPSA) is 66.5 Å². The van der Waals surface area contributed by atoms with Crippen LogP contribution in [0.5, 0.6) is 0 Å². The van der Waals surface area contributed by atoms with Crippen LogP contribution in [-0.2, 0) is 21.2 Å². The van der Waals surface area contributed by atoms with Crippen molar-refractivity contribution >= 4 is 15.9 Å². The van der Waals surface area contributed by atoms with Crippen molar-refractivity contribution in [1.29, 1.82) is 0 Å². The van der Waals surface area contributed by atoms with Crippen LogP contribution < -0.4 is 5.32 Å². The van der Waals surface area contributed by atoms with Gasteiger partial charge in [-0.25, -0.2) is 8.42 Å². The largest absolute Gasteiger partial charge is 0.355 e. The summed E-state index contributed by atoms with van der Waals surface area (Å²) in [7, 11) is -3.54. The summed E-state index contributed by atoms with van der Waals surface area (Å²) in [6, 6.07) is 16.5. The van der Waals surface area contributed by atoms with Gasteiger partial charge < -0.3 is 5.32 Å². The minimum absolute atomic E-state index is 0.0588. The van der Waals surface area contributed by atoms with Gasteiger partial charge in [0, 0.05) is 19.6 Å². The molecular weight excluding hydrogens is 360 g/mol. The first-order valence-electron chi connectivity index (χ1n) is 9.36. The van der Waals surface area contributed by atoms with E-state index in [4.69, 9.17) is 0 Å². The summed E-state index contributed by atoms with van der Waals surface area (Å²) in [5.74, 6) is -0.356. The highest BCUT2D eigenvalue weighted by molar-refractivity contribution is 7.89. The second-order valence-electron chi connectivity index (χ2n) is 6.98. The number of carbonyl (C=O) groups is 1. The molecule has 6 heteroatoms. The van der Waals surface area contributed by atoms with Crippen LogP contribution in [0.15, 0.2) is 59.5 Å². The Bertz CT molecular complexity index is 881. The molecule has 1 N–H and O–H groups in total. The summed E-state index contributed by atoms with van der Waals surface area (Å²) in [6.07, 6.45) is 2.19. The van der Waals surface area contributed by atoms with E-state index in [1.807, 2.05) is 12.1 Å². The van der Waals surface area contributed by atoms with E-state index >= 15 is 0 Å². The molecule has 1 aliphatic rings. The van der Waals surface area contributed by atoms with Gasteiger partial charge in [0.2, 0.25) is 15.9 Å². The number of amides is 1. The van der Waals surface area contributed by atoms with Gasteiger partial charge in [0.15, 0.2) is 0 Å². The van der Waals surface area contributed by atoms with Gasteiger partial charge in [-0.15, -0.1) is 0 Å². The lowest BCUT2D eigenvalue weighted by Crippen LogP contribution is -2.45. The molecule has 27 heavy (non-hydrogen) atoms. The first-order chi connectivity index (χ1) is 13.0. The Hall–Kier alpha value is -2.18. The molecule has 0 aliphatic carbocycles. The van der Waals surface area contributed by atoms with Crippen LogP contribution in [0, 0.1) is 12.8 Å². The number of nitrogens with one attached hydrogen (secondary N) is 1. The van der Waals surface area contributed by atoms with Gasteiger partial charge in [-0.1, -0.05) is 42.5 Å². The normalized spacial score (nSPS) is 18.2. The van der Waals surface area contributed by atoms with Crippen molar-refractivity contribution in [2.24, 2.45) is 5.92 Å². The van der Waals surface area contributed by atoms with Crippen molar-refractivity contribution in [3.63, 3.8) is 0 Å². The highest BCUT2D eigenvalue weighted by atomic mass is 32.2. The van der Waals surface area contributed by atoms with Gasteiger partial charge in [-0.3, -0.25) is 4.79 Å². The van der Waals surface area contributed by atoms with E-state index in [1.54, 1.807) is 30.3 Å². The number of aryl methyl sites for hydroxylation is 1. The molecule has 2 aromatic carbocycles. The number of nitrogens with zero attached hydrogens (tertiary/aromatic N) is 1. The van der Waals surface area contributed by atoms with Crippen LogP contribution >= 0.6 is 0 Å². The third kappa shape index (κ3) is 4.76. The molecule has 1 amide bonds. The highest BCUT2D eigenvalue weighted by Gasteiger charge is 2.33. The van der Waals surface area contributed by atoms with Crippen LogP contribution in [0.3, 0.4) is 0 Å². The quantitative estimate of drug-likeness (QED) is 0.830. The SMILES string of the molecule is Cc1ccccc1CCNC(=O)C1CCCN(S(=O)(=O)c2ccccc2)C1. The van der Waals surface area contributed by atoms with Gasteiger partial charge in [-0.05, 0) is 49.4 Å². The summed E-state index contributed by atoms with van der Waals surface area (Å²) in [5.41, 5.74) is 2.43. The van der Waals surface area contributed by atoms with Gasteiger partial charge >= 0.3 is 0 Å². The number of rotatable bonds is 6. The molecule has 2 aromatic rings. The van der Waals surface area contributed by atoms with Crippen molar-refractivity contribution < 1.29 is 13.2 Å². The summed E-state index contributed by atoms with van der Waals surface area (Å²) >= 11 is 0. The minimum atomic E-state index is -3.54. The zero-order chi connectivity index (χ0) is 19.3. The lowest BCUT2D eigenvalue weighted by molar-refractivity contribution is -0.126. The molecule has 0 bridgehead atoms. The molecule has 0 saturated carbocycles. The van der Waals surface area contributed by atoms with Gasteiger partial charge in [0.05, 0.1) is 10.8 Å². The summed E-state index contributed by atoms with van der Waals surface area (Å²) in [4.78, 5) is 12.8. The summed E-state index contributed by atoms with van der Waals surface area (Å²) in [6.45, 7) is 3.33. The molecule has 144 valence electrons. The molecule has 1 saturated heterocycles. The number of piperidine rings is 1. The van der Waals surface area contributed by atoms with Crippen molar-refractivity contribution in [2.75, 3.05) is 19.6 Å². The van der Waals surface area contributed by atoms with E-state index in [2.05, 4.69) is 24.4 Å². The first kappa shape index (κ1) is 19.6. The van der Waals surface area contributed by atoms with E-state index in [0.29, 0.717) is 19.5 Å². The Morgan fingerprint density at radius 3 is 2.56 bits per heavy atom. The fourth-order valence-corrected chi connectivity index (χ4v) is 5.02. The Morgan fingerprint density at radius 1 is 1.11 bits per heavy atom. The van der Waals surface area contributed by atoms with Crippen molar-refractivity contribution in [2.45, 2.75) is 31.1 Å². The molecule has 5 nitrogen and oxygen atoms in total. The number of hydrogen-bond acceptors (Lipinski definition) is 3. The zero-order valence-corrected chi connectivity index (χ0v) is 16.4. The smallest absolute Gasteiger partial charge is 0.243 e. The maximum atomic E-state index is 12.8. The predicted molar refractivity (Wildman–Crippen MR) is 106 cm³/mol. The van der Waals surface area contributed by atoms with Crippen LogP contribution in [0.2, 0.25) is 0 Å². The second kappa shape index (κ2) is 8.67. The van der Waals surface area contributed by atoms with Crippen LogP contribution in [0.1, 0.15) is 24.0 Å². The number of sulfonamides is 1. The van der Waals surface area contributed by atoms with Crippen LogP contribution in [0.4, 0.5) is 0 Å². The molecule has 3 rings (SSSR count). The average Bonchev–Trinajstić information content (AvgIpc) is 2.70. The van der Waals surface area contributed by atoms with E-state index in [1.165, 1.54) is 15.4 Å². The molecule has 1 heterocycles. The lowest BCUT2D eigenvalue weighted by atomic mass is 9.98. The standard InChI is InChI=1S/C21H26N2O3S/c1-17-8-5-6-9-18(17)13-14-22-21(24)19-10-7-15-23(16-19)27(25,26)20-11-3-2-4-12-20/h2-6,8-9,11-12,19H,7,10,13-16H2,1H3,(H,22,24). The molecule has 1 fully saturated rings. The molecule has 0 spiro atoms. The predicted octanol–water partition coefficient (Wildman–Crippen LogP) is 2.75. The fraction of sp³-hybridized carbons (Fsp3) is 0.381. The maximum absolute atomic E-state index is 12.8. The van der Waals surface area contributed by atoms with Gasteiger partial charge in [0.1, 0.15) is 0 Å². The summed E-state index contributed by atoms with van der Waals surface area (Å²) in [5, 5.41) is 2.98. The first-order valence-corrected chi connectivity index (χ1v) is 10.8. The third-order valence-corrected chi connectivity index (χ3v) is 6.97. The molecule has 0 radical (unpaired) electrons. The third-order valence-electron chi connectivity index (χ3n) is 5.09. The maximum Gasteiger partial charge on any atom is 0.243 e. The van der Waals surface area contributed by atoms with Gasteiger partial charge in [-0.2, -0.15) is 4.31 Å². The van der Waals surface area contributed by atoms with Gasteiger partial charge in [0.25, 0.3) is 0 Å².